The molecule has 5 N–H and O–H groups in total. The molecule has 6 nitrogen and oxygen atoms in total. The number of hydrogen-bond donors (Lipinski definition) is 4. The molecule has 0 aliphatic heterocycles. The van der Waals surface area contributed by atoms with E-state index in [9.17, 15) is 15.0 Å². The predicted octanol–water partition coefficient (Wildman–Crippen LogP) is 3.93. The number of halogens is 2. The largest absolute Gasteiger partial charge is 0.506 e. The van der Waals surface area contributed by atoms with Crippen LogP contribution in [-0.4, -0.2) is 22.3 Å². The average molecular weight is 493 g/mol. The molecule has 1 unspecified atom stereocenters. The van der Waals surface area contributed by atoms with Gasteiger partial charge >= 0.3 is 0 Å². The molecular formula is C19H15Br2N3O3. The number of phenolic OH excluding ortho intramolecular Hbond substituents is 2. The van der Waals surface area contributed by atoms with Gasteiger partial charge in [0.1, 0.15) is 16.0 Å². The maximum atomic E-state index is 12.3. The standard InChI is InChI=1S/C19H15Br2N3O3/c20-14-8-13(17(25)15(21)18(14)26)9-23-16(19(27)24-22)12-6-5-10-3-1-2-4-11(10)7-12/h1-9,16,25-26H,22H2,(H,24,27). The molecule has 0 fully saturated rings. The minimum absolute atomic E-state index is 0.129. The first-order valence-electron chi connectivity index (χ1n) is 7.84. The molecule has 0 heterocycles. The Hall–Kier alpha value is -2.42. The van der Waals surface area contributed by atoms with Gasteiger partial charge in [-0.3, -0.25) is 15.2 Å². The molecule has 8 heteroatoms. The summed E-state index contributed by atoms with van der Waals surface area (Å²) in [5.74, 6) is 4.51. The summed E-state index contributed by atoms with van der Waals surface area (Å²) in [6.07, 6.45) is 1.36. The van der Waals surface area contributed by atoms with Crippen LogP contribution in [0.15, 0.2) is 62.5 Å². The molecule has 0 aliphatic rings. The quantitative estimate of drug-likeness (QED) is 0.191. The van der Waals surface area contributed by atoms with Crippen LogP contribution >= 0.6 is 31.9 Å². The summed E-state index contributed by atoms with van der Waals surface area (Å²) in [5, 5.41) is 22.0. The van der Waals surface area contributed by atoms with Crippen molar-refractivity contribution < 1.29 is 15.0 Å². The Labute approximate surface area is 172 Å². The SMILES string of the molecule is NNC(=O)C(N=Cc1cc(Br)c(O)c(Br)c1O)c1ccc2ccccc2c1. The van der Waals surface area contributed by atoms with E-state index < -0.39 is 11.9 Å². The Morgan fingerprint density at radius 3 is 2.48 bits per heavy atom. The molecular weight excluding hydrogens is 478 g/mol. The Morgan fingerprint density at radius 2 is 1.78 bits per heavy atom. The molecule has 0 saturated carbocycles. The van der Waals surface area contributed by atoms with Gasteiger partial charge in [0.2, 0.25) is 0 Å². The van der Waals surface area contributed by atoms with Crippen LogP contribution in [0.25, 0.3) is 10.8 Å². The van der Waals surface area contributed by atoms with Gasteiger partial charge in [-0.25, -0.2) is 5.84 Å². The van der Waals surface area contributed by atoms with Gasteiger partial charge in [-0.15, -0.1) is 0 Å². The second kappa shape index (κ2) is 8.08. The van der Waals surface area contributed by atoms with Crippen molar-refractivity contribution in [3.05, 3.63) is 68.6 Å². The van der Waals surface area contributed by atoms with Gasteiger partial charge in [0.25, 0.3) is 5.91 Å². The number of nitrogens with one attached hydrogen (secondary N) is 1. The fraction of sp³-hybridized carbons (Fsp3) is 0.0526. The van der Waals surface area contributed by atoms with Crippen molar-refractivity contribution in [2.75, 3.05) is 0 Å². The number of aliphatic imine (C=N–C) groups is 1. The van der Waals surface area contributed by atoms with Crippen LogP contribution in [0.5, 0.6) is 11.5 Å². The minimum Gasteiger partial charge on any atom is -0.506 e. The number of amides is 1. The van der Waals surface area contributed by atoms with E-state index in [1.54, 1.807) is 0 Å². The number of rotatable bonds is 4. The van der Waals surface area contributed by atoms with Crippen molar-refractivity contribution in [3.8, 4) is 11.5 Å². The maximum absolute atomic E-state index is 12.3. The van der Waals surface area contributed by atoms with Gasteiger partial charge in [0.15, 0.2) is 6.04 Å². The zero-order valence-electron chi connectivity index (χ0n) is 13.9. The molecule has 0 bridgehead atoms. The number of hydrogen-bond acceptors (Lipinski definition) is 5. The van der Waals surface area contributed by atoms with E-state index in [2.05, 4.69) is 42.3 Å². The summed E-state index contributed by atoms with van der Waals surface area (Å²) in [6.45, 7) is 0. The van der Waals surface area contributed by atoms with E-state index in [0.29, 0.717) is 15.6 Å². The first kappa shape index (κ1) is 19.3. The third-order valence-electron chi connectivity index (χ3n) is 4.04. The smallest absolute Gasteiger partial charge is 0.263 e. The van der Waals surface area contributed by atoms with Crippen LogP contribution in [0.3, 0.4) is 0 Å². The number of carbonyl (C=O) groups is 1. The number of nitrogens with zero attached hydrogens (tertiary/aromatic N) is 1. The average Bonchev–Trinajstić information content (AvgIpc) is 2.69. The zero-order chi connectivity index (χ0) is 19.6. The summed E-state index contributed by atoms with van der Waals surface area (Å²) in [5.41, 5.74) is 3.10. The molecule has 138 valence electrons. The Bertz CT molecular complexity index is 1050. The first-order chi connectivity index (χ1) is 12.9. The highest BCUT2D eigenvalue weighted by Crippen LogP contribution is 2.40. The van der Waals surface area contributed by atoms with E-state index in [0.717, 1.165) is 10.8 Å². The normalized spacial score (nSPS) is 12.4. The number of hydrazine groups is 1. The van der Waals surface area contributed by atoms with Gasteiger partial charge in [-0.2, -0.15) is 0 Å². The van der Waals surface area contributed by atoms with Crippen LogP contribution < -0.4 is 11.3 Å². The highest BCUT2D eigenvalue weighted by Gasteiger charge is 2.19. The summed E-state index contributed by atoms with van der Waals surface area (Å²) in [6, 6.07) is 14.0. The van der Waals surface area contributed by atoms with E-state index in [-0.39, 0.29) is 16.0 Å². The molecule has 0 aliphatic carbocycles. The molecule has 0 aromatic heterocycles. The Kier molecular flexibility index (Phi) is 5.79. The molecule has 3 aromatic rings. The second-order valence-corrected chi connectivity index (χ2v) is 7.40. The van der Waals surface area contributed by atoms with Crippen LogP contribution in [-0.2, 0) is 4.79 Å². The van der Waals surface area contributed by atoms with Crippen LogP contribution in [0.2, 0.25) is 0 Å². The van der Waals surface area contributed by atoms with Crippen molar-refractivity contribution in [2.45, 2.75) is 6.04 Å². The summed E-state index contributed by atoms with van der Waals surface area (Å²) < 4.78 is 0.503. The zero-order valence-corrected chi connectivity index (χ0v) is 17.0. The number of fused-ring (bicyclic) bond motifs is 1. The number of carbonyl (C=O) groups excluding carboxylic acids is 1. The van der Waals surface area contributed by atoms with Crippen LogP contribution in [0.4, 0.5) is 0 Å². The molecule has 0 spiro atoms. The molecule has 1 atom stereocenters. The van der Waals surface area contributed by atoms with E-state index >= 15 is 0 Å². The highest BCUT2D eigenvalue weighted by atomic mass is 79.9. The van der Waals surface area contributed by atoms with Crippen molar-refractivity contribution >= 4 is 54.8 Å². The third-order valence-corrected chi connectivity index (χ3v) is 5.40. The third kappa shape index (κ3) is 3.97. The van der Waals surface area contributed by atoms with Gasteiger partial charge in [0, 0.05) is 11.8 Å². The fourth-order valence-electron chi connectivity index (χ4n) is 2.63. The van der Waals surface area contributed by atoms with E-state index in [1.807, 2.05) is 42.5 Å². The van der Waals surface area contributed by atoms with Crippen LogP contribution in [0, 0.1) is 0 Å². The lowest BCUT2D eigenvalue weighted by molar-refractivity contribution is -0.122. The second-order valence-electron chi connectivity index (χ2n) is 5.75. The van der Waals surface area contributed by atoms with Crippen LogP contribution in [0.1, 0.15) is 17.2 Å². The molecule has 0 saturated heterocycles. The van der Waals surface area contributed by atoms with E-state index in [4.69, 9.17) is 5.84 Å². The fourth-order valence-corrected chi connectivity index (χ4v) is 3.79. The highest BCUT2D eigenvalue weighted by molar-refractivity contribution is 9.11. The summed E-state index contributed by atoms with van der Waals surface area (Å²) in [4.78, 5) is 16.6. The topological polar surface area (TPSA) is 108 Å². The van der Waals surface area contributed by atoms with Gasteiger partial charge in [-0.05, 0) is 60.3 Å². The molecule has 27 heavy (non-hydrogen) atoms. The number of benzene rings is 3. The number of nitrogens with two attached hydrogens (primary N) is 1. The van der Waals surface area contributed by atoms with E-state index in [1.165, 1.54) is 12.3 Å². The molecule has 3 rings (SSSR count). The Balaban J connectivity index is 2.03. The van der Waals surface area contributed by atoms with Gasteiger partial charge < -0.3 is 10.2 Å². The Morgan fingerprint density at radius 1 is 1.07 bits per heavy atom. The van der Waals surface area contributed by atoms with Crippen molar-refractivity contribution in [2.24, 2.45) is 10.8 Å². The van der Waals surface area contributed by atoms with Gasteiger partial charge in [0.05, 0.1) is 4.47 Å². The number of aromatic hydroxyl groups is 2. The lowest BCUT2D eigenvalue weighted by atomic mass is 10.0. The predicted molar refractivity (Wildman–Crippen MR) is 112 cm³/mol. The first-order valence-corrected chi connectivity index (χ1v) is 9.43. The lowest BCUT2D eigenvalue weighted by Gasteiger charge is -2.13. The van der Waals surface area contributed by atoms with Crippen molar-refractivity contribution in [1.29, 1.82) is 0 Å². The maximum Gasteiger partial charge on any atom is 0.263 e. The lowest BCUT2D eigenvalue weighted by Crippen LogP contribution is -2.34. The number of phenols is 2. The van der Waals surface area contributed by atoms with Crippen molar-refractivity contribution in [1.82, 2.24) is 5.43 Å². The minimum atomic E-state index is -0.898. The molecule has 1 amide bonds. The van der Waals surface area contributed by atoms with Crippen molar-refractivity contribution in [3.63, 3.8) is 0 Å². The summed E-state index contributed by atoms with van der Waals surface area (Å²) >= 11 is 6.31. The van der Waals surface area contributed by atoms with Gasteiger partial charge in [-0.1, -0.05) is 36.4 Å². The molecule has 0 radical (unpaired) electrons. The molecule has 3 aromatic carbocycles. The summed E-state index contributed by atoms with van der Waals surface area (Å²) in [7, 11) is 0. The monoisotopic (exact) mass is 491 g/mol.